The van der Waals surface area contributed by atoms with Gasteiger partial charge in [-0.15, -0.1) is 0 Å². The van der Waals surface area contributed by atoms with Crippen LogP contribution in [-0.2, 0) is 4.79 Å². The molecule has 0 spiro atoms. The second-order valence-electron chi connectivity index (χ2n) is 11.1. The molecule has 0 aromatic carbocycles. The third-order valence-electron chi connectivity index (χ3n) is 7.83. The maximum Gasteiger partial charge on any atom is 0.389 e. The van der Waals surface area contributed by atoms with Gasteiger partial charge in [-0.05, 0) is 61.3 Å². The van der Waals surface area contributed by atoms with Crippen molar-refractivity contribution in [3.8, 4) is 0 Å². The fourth-order valence-corrected chi connectivity index (χ4v) is 5.38. The van der Waals surface area contributed by atoms with Gasteiger partial charge in [0, 0.05) is 19.3 Å². The van der Waals surface area contributed by atoms with Crippen molar-refractivity contribution in [1.82, 2.24) is 30.2 Å². The molecule has 2 saturated carbocycles. The minimum Gasteiger partial charge on any atom is -0.349 e. The summed E-state index contributed by atoms with van der Waals surface area (Å²) in [6, 6.07) is 3.82. The maximum absolute atomic E-state index is 14.0. The highest BCUT2D eigenvalue weighted by Crippen LogP contribution is 2.43. The molecule has 2 aliphatic carbocycles. The number of alkyl halides is 7. The molecule has 2 amide bonds. The molecule has 232 valence electrons. The Hall–Kier alpha value is -3.78. The van der Waals surface area contributed by atoms with Crippen LogP contribution in [0.3, 0.4) is 0 Å². The molecule has 43 heavy (non-hydrogen) atoms. The molecule has 0 aliphatic heterocycles. The highest BCUT2D eigenvalue weighted by Gasteiger charge is 2.40. The van der Waals surface area contributed by atoms with Gasteiger partial charge in [0.2, 0.25) is 11.8 Å². The standard InChI is InChI=1S/C28H29F7N6O2/c29-25(30)18-2-1-3-19(37-18)26(43)40-24(16-6-9-27(31,32)10-7-16)20-14-41-21(38-20)12-17(13-36-41)23(15-4-5-15)39-22(42)8-11-28(33,34)35/h1-3,12-16,23-25H,4-11H2,(H,39,42)(H,40,43)/t23?,24-/m0/s1. The molecule has 0 saturated heterocycles. The Morgan fingerprint density at radius 1 is 0.977 bits per heavy atom. The third kappa shape index (κ3) is 7.79. The van der Waals surface area contributed by atoms with Gasteiger partial charge >= 0.3 is 6.18 Å². The number of fused-ring (bicyclic) bond motifs is 1. The summed E-state index contributed by atoms with van der Waals surface area (Å²) in [4.78, 5) is 33.7. The SMILES string of the molecule is O=C(CCC(F)(F)F)NC(c1cnn2cc([C@@H](NC(=O)c3cccc(C(F)F)n3)C3CCC(F)(F)CC3)nc2c1)C1CC1. The largest absolute Gasteiger partial charge is 0.389 e. The van der Waals surface area contributed by atoms with Crippen molar-refractivity contribution in [3.05, 3.63) is 59.3 Å². The highest BCUT2D eigenvalue weighted by atomic mass is 19.4. The zero-order valence-corrected chi connectivity index (χ0v) is 22.8. The number of nitrogens with zero attached hydrogens (tertiary/aromatic N) is 4. The van der Waals surface area contributed by atoms with Crippen LogP contribution < -0.4 is 10.6 Å². The summed E-state index contributed by atoms with van der Waals surface area (Å²) in [6.45, 7) is 0. The summed E-state index contributed by atoms with van der Waals surface area (Å²) in [5.74, 6) is -4.76. The van der Waals surface area contributed by atoms with Crippen LogP contribution in [0.5, 0.6) is 0 Å². The average Bonchev–Trinajstić information content (AvgIpc) is 3.71. The molecular weight excluding hydrogens is 585 g/mol. The molecule has 0 bridgehead atoms. The first kappa shape index (κ1) is 30.7. The minimum absolute atomic E-state index is 0.0287. The number of carbonyl (C=O) groups excluding carboxylic acids is 2. The van der Waals surface area contributed by atoms with Gasteiger partial charge in [-0.3, -0.25) is 9.59 Å². The lowest BCUT2D eigenvalue weighted by molar-refractivity contribution is -0.144. The highest BCUT2D eigenvalue weighted by molar-refractivity contribution is 5.92. The van der Waals surface area contributed by atoms with Crippen LogP contribution in [0.1, 0.15) is 97.3 Å². The number of rotatable bonds is 10. The Morgan fingerprint density at radius 3 is 2.33 bits per heavy atom. The van der Waals surface area contributed by atoms with Crippen molar-refractivity contribution >= 4 is 17.5 Å². The Balaban J connectivity index is 1.40. The van der Waals surface area contributed by atoms with Gasteiger partial charge in [0.15, 0.2) is 5.65 Å². The molecule has 3 aromatic rings. The lowest BCUT2D eigenvalue weighted by Crippen LogP contribution is -2.37. The van der Waals surface area contributed by atoms with E-state index in [9.17, 15) is 40.3 Å². The number of hydrogen-bond acceptors (Lipinski definition) is 5. The number of nitrogens with one attached hydrogen (secondary N) is 2. The van der Waals surface area contributed by atoms with Gasteiger partial charge in [-0.25, -0.2) is 32.0 Å². The van der Waals surface area contributed by atoms with Crippen molar-refractivity contribution in [2.45, 2.75) is 82.0 Å². The third-order valence-corrected chi connectivity index (χ3v) is 7.83. The number of carbonyl (C=O) groups is 2. The van der Waals surface area contributed by atoms with Crippen LogP contribution in [-0.4, -0.2) is 43.5 Å². The molecule has 2 atom stereocenters. The Bertz CT molecular complexity index is 1460. The van der Waals surface area contributed by atoms with E-state index in [2.05, 4.69) is 25.7 Å². The molecule has 0 radical (unpaired) electrons. The Labute approximate surface area is 241 Å². The van der Waals surface area contributed by atoms with Crippen molar-refractivity contribution in [2.24, 2.45) is 11.8 Å². The zero-order chi connectivity index (χ0) is 30.9. The summed E-state index contributed by atoms with van der Waals surface area (Å²) < 4.78 is 93.4. The molecule has 1 unspecified atom stereocenters. The van der Waals surface area contributed by atoms with Crippen LogP contribution in [0, 0.1) is 11.8 Å². The maximum atomic E-state index is 14.0. The predicted octanol–water partition coefficient (Wildman–Crippen LogP) is 6.27. The van der Waals surface area contributed by atoms with Crippen LogP contribution in [0.4, 0.5) is 30.7 Å². The topological polar surface area (TPSA) is 101 Å². The van der Waals surface area contributed by atoms with E-state index in [-0.39, 0.29) is 24.5 Å². The normalized spacial score (nSPS) is 18.9. The first-order chi connectivity index (χ1) is 20.3. The molecule has 15 heteroatoms. The van der Waals surface area contributed by atoms with E-state index >= 15 is 0 Å². The number of halogens is 7. The first-order valence-electron chi connectivity index (χ1n) is 13.9. The minimum atomic E-state index is -4.46. The molecular formula is C28H29F7N6O2. The van der Waals surface area contributed by atoms with Gasteiger partial charge in [-0.2, -0.15) is 18.3 Å². The summed E-state index contributed by atoms with van der Waals surface area (Å²) in [5.41, 5.74) is 0.304. The number of amides is 2. The summed E-state index contributed by atoms with van der Waals surface area (Å²) >= 11 is 0. The van der Waals surface area contributed by atoms with E-state index in [1.807, 2.05) is 0 Å². The lowest BCUT2D eigenvalue weighted by atomic mass is 9.81. The fourth-order valence-electron chi connectivity index (χ4n) is 5.38. The molecule has 2 fully saturated rings. The van der Waals surface area contributed by atoms with Crippen LogP contribution in [0.25, 0.3) is 5.65 Å². The van der Waals surface area contributed by atoms with Crippen molar-refractivity contribution in [3.63, 3.8) is 0 Å². The molecule has 3 aromatic heterocycles. The zero-order valence-electron chi connectivity index (χ0n) is 22.8. The monoisotopic (exact) mass is 614 g/mol. The molecule has 5 rings (SSSR count). The van der Waals surface area contributed by atoms with Crippen LogP contribution in [0.15, 0.2) is 36.7 Å². The second-order valence-corrected chi connectivity index (χ2v) is 11.1. The summed E-state index contributed by atoms with van der Waals surface area (Å²) in [7, 11) is 0. The molecule has 2 N–H and O–H groups in total. The van der Waals surface area contributed by atoms with Crippen molar-refractivity contribution < 1.29 is 40.3 Å². The number of pyridine rings is 1. The molecule has 3 heterocycles. The van der Waals surface area contributed by atoms with E-state index in [0.29, 0.717) is 16.9 Å². The van der Waals surface area contributed by atoms with E-state index in [1.54, 1.807) is 6.07 Å². The molecule has 8 nitrogen and oxygen atoms in total. The lowest BCUT2D eigenvalue weighted by Gasteiger charge is -2.33. The van der Waals surface area contributed by atoms with Gasteiger partial charge < -0.3 is 10.6 Å². The smallest absolute Gasteiger partial charge is 0.349 e. The average molecular weight is 615 g/mol. The quantitative estimate of drug-likeness (QED) is 0.262. The fraction of sp³-hybridized carbons (Fsp3) is 0.536. The van der Waals surface area contributed by atoms with E-state index in [4.69, 9.17) is 0 Å². The number of hydrogen-bond donors (Lipinski definition) is 2. The van der Waals surface area contributed by atoms with E-state index < -0.39 is 79.7 Å². The number of imidazole rings is 1. The van der Waals surface area contributed by atoms with Gasteiger partial charge in [0.25, 0.3) is 12.3 Å². The summed E-state index contributed by atoms with van der Waals surface area (Å²) in [6.07, 6.45) is -5.39. The van der Waals surface area contributed by atoms with E-state index in [1.165, 1.54) is 29.0 Å². The second kappa shape index (κ2) is 12.1. The molecule has 2 aliphatic rings. The predicted molar refractivity (Wildman–Crippen MR) is 138 cm³/mol. The number of aromatic nitrogens is 4. The Kier molecular flexibility index (Phi) is 8.61. The van der Waals surface area contributed by atoms with Gasteiger partial charge in [0.05, 0.1) is 36.6 Å². The van der Waals surface area contributed by atoms with Gasteiger partial charge in [0.1, 0.15) is 11.4 Å². The first-order valence-corrected chi connectivity index (χ1v) is 13.9. The van der Waals surface area contributed by atoms with Crippen LogP contribution in [0.2, 0.25) is 0 Å². The summed E-state index contributed by atoms with van der Waals surface area (Å²) in [5, 5.41) is 9.76. The van der Waals surface area contributed by atoms with Crippen molar-refractivity contribution in [2.75, 3.05) is 0 Å². The Morgan fingerprint density at radius 2 is 1.67 bits per heavy atom. The van der Waals surface area contributed by atoms with E-state index in [0.717, 1.165) is 18.9 Å². The van der Waals surface area contributed by atoms with Crippen LogP contribution >= 0.6 is 0 Å². The van der Waals surface area contributed by atoms with Gasteiger partial charge in [-0.1, -0.05) is 6.07 Å². The van der Waals surface area contributed by atoms with Crippen molar-refractivity contribution in [1.29, 1.82) is 0 Å².